The molecule has 0 bridgehead atoms. The van der Waals surface area contributed by atoms with E-state index in [4.69, 9.17) is 11.6 Å². The van der Waals surface area contributed by atoms with Crippen LogP contribution in [0.15, 0.2) is 40.2 Å². The van der Waals surface area contributed by atoms with E-state index in [1.54, 1.807) is 11.3 Å². The first-order valence-electron chi connectivity index (χ1n) is 5.44. The molecule has 1 atom stereocenters. The summed E-state index contributed by atoms with van der Waals surface area (Å²) in [5, 5.41) is 6.35. The number of nitrogens with one attached hydrogen (secondary N) is 1. The first-order valence-corrected chi connectivity index (χ1v) is 7.49. The molecule has 0 spiro atoms. The smallest absolute Gasteiger partial charge is 0.0681 e. The molecule has 1 nitrogen and oxygen atoms in total. The third-order valence-corrected chi connectivity index (χ3v) is 4.37. The van der Waals surface area contributed by atoms with Gasteiger partial charge in [-0.05, 0) is 35.7 Å². The zero-order valence-electron chi connectivity index (χ0n) is 9.41. The lowest BCUT2D eigenvalue weighted by atomic mass is 10.1. The third-order valence-electron chi connectivity index (χ3n) is 2.51. The van der Waals surface area contributed by atoms with E-state index in [2.05, 4.69) is 51.7 Å². The van der Waals surface area contributed by atoms with Gasteiger partial charge in [-0.25, -0.2) is 0 Å². The molecule has 17 heavy (non-hydrogen) atoms. The molecule has 0 aliphatic heterocycles. The van der Waals surface area contributed by atoms with E-state index in [9.17, 15) is 0 Å². The first-order chi connectivity index (χ1) is 8.22. The van der Waals surface area contributed by atoms with Gasteiger partial charge in [-0.1, -0.05) is 46.6 Å². The van der Waals surface area contributed by atoms with E-state index in [0.29, 0.717) is 0 Å². The Hall–Kier alpha value is -0.350. The SMILES string of the molecule is CCNC(c1cccs1)c1ccc(Cl)cc1Br. The minimum atomic E-state index is 0.228. The highest BCUT2D eigenvalue weighted by Crippen LogP contribution is 2.32. The third kappa shape index (κ3) is 3.10. The Morgan fingerprint density at radius 1 is 1.41 bits per heavy atom. The van der Waals surface area contributed by atoms with E-state index >= 15 is 0 Å². The van der Waals surface area contributed by atoms with Gasteiger partial charge in [-0.3, -0.25) is 0 Å². The zero-order chi connectivity index (χ0) is 12.3. The molecule has 0 fully saturated rings. The van der Waals surface area contributed by atoms with Crippen LogP contribution < -0.4 is 5.32 Å². The van der Waals surface area contributed by atoms with Crippen LogP contribution in [0.4, 0.5) is 0 Å². The average Bonchev–Trinajstić information content (AvgIpc) is 2.80. The van der Waals surface area contributed by atoms with Gasteiger partial charge in [0.15, 0.2) is 0 Å². The van der Waals surface area contributed by atoms with Crippen molar-refractivity contribution in [3.05, 3.63) is 55.6 Å². The second kappa shape index (κ2) is 6.01. The van der Waals surface area contributed by atoms with Crippen LogP contribution in [0.5, 0.6) is 0 Å². The molecule has 1 N–H and O–H groups in total. The van der Waals surface area contributed by atoms with Crippen molar-refractivity contribution in [2.45, 2.75) is 13.0 Å². The quantitative estimate of drug-likeness (QED) is 0.844. The van der Waals surface area contributed by atoms with Crippen LogP contribution in [0.25, 0.3) is 0 Å². The Morgan fingerprint density at radius 3 is 2.82 bits per heavy atom. The predicted molar refractivity (Wildman–Crippen MR) is 79.0 cm³/mol. The van der Waals surface area contributed by atoms with Crippen LogP contribution >= 0.6 is 38.9 Å². The fourth-order valence-corrected chi connectivity index (χ4v) is 3.49. The molecule has 0 saturated heterocycles. The van der Waals surface area contributed by atoms with Gasteiger partial charge in [0.25, 0.3) is 0 Å². The van der Waals surface area contributed by atoms with Gasteiger partial charge < -0.3 is 5.32 Å². The van der Waals surface area contributed by atoms with Crippen LogP contribution in [0, 0.1) is 0 Å². The van der Waals surface area contributed by atoms with Crippen LogP contribution in [-0.4, -0.2) is 6.54 Å². The molecule has 1 aromatic carbocycles. The number of hydrogen-bond donors (Lipinski definition) is 1. The summed E-state index contributed by atoms with van der Waals surface area (Å²) in [5.74, 6) is 0. The molecular formula is C13H13BrClNS. The largest absolute Gasteiger partial charge is 0.306 e. The normalized spacial score (nSPS) is 12.6. The maximum absolute atomic E-state index is 5.98. The molecular weight excluding hydrogens is 318 g/mol. The summed E-state index contributed by atoms with van der Waals surface area (Å²) in [4.78, 5) is 1.31. The fourth-order valence-electron chi connectivity index (χ4n) is 1.76. The van der Waals surface area contributed by atoms with Crippen molar-refractivity contribution >= 4 is 38.9 Å². The van der Waals surface area contributed by atoms with Crippen LogP contribution in [0.2, 0.25) is 5.02 Å². The Bertz CT molecular complexity index is 484. The topological polar surface area (TPSA) is 12.0 Å². The van der Waals surface area contributed by atoms with Crippen molar-refractivity contribution in [1.29, 1.82) is 0 Å². The second-order valence-electron chi connectivity index (χ2n) is 3.67. The number of thiophene rings is 1. The van der Waals surface area contributed by atoms with E-state index in [1.165, 1.54) is 10.4 Å². The second-order valence-corrected chi connectivity index (χ2v) is 5.94. The van der Waals surface area contributed by atoms with Crippen LogP contribution in [-0.2, 0) is 0 Å². The highest BCUT2D eigenvalue weighted by molar-refractivity contribution is 9.10. The van der Waals surface area contributed by atoms with Gasteiger partial charge in [0.2, 0.25) is 0 Å². The Morgan fingerprint density at radius 2 is 2.24 bits per heavy atom. The number of benzene rings is 1. The van der Waals surface area contributed by atoms with E-state index in [1.807, 2.05) is 12.1 Å². The molecule has 2 rings (SSSR count). The van der Waals surface area contributed by atoms with E-state index in [0.717, 1.165) is 16.0 Å². The molecule has 0 amide bonds. The van der Waals surface area contributed by atoms with Gasteiger partial charge in [0, 0.05) is 14.4 Å². The number of hydrogen-bond acceptors (Lipinski definition) is 2. The highest BCUT2D eigenvalue weighted by atomic mass is 79.9. The summed E-state index contributed by atoms with van der Waals surface area (Å²) < 4.78 is 1.05. The minimum absolute atomic E-state index is 0.228. The molecule has 90 valence electrons. The highest BCUT2D eigenvalue weighted by Gasteiger charge is 2.16. The minimum Gasteiger partial charge on any atom is -0.306 e. The van der Waals surface area contributed by atoms with Crippen molar-refractivity contribution in [2.75, 3.05) is 6.54 Å². The van der Waals surface area contributed by atoms with Crippen molar-refractivity contribution in [3.8, 4) is 0 Å². The molecule has 2 aromatic rings. The summed E-state index contributed by atoms with van der Waals surface area (Å²) >= 11 is 11.3. The lowest BCUT2D eigenvalue weighted by Crippen LogP contribution is -2.21. The standard InChI is InChI=1S/C13H13BrClNS/c1-2-16-13(12-4-3-7-17-12)10-6-5-9(15)8-11(10)14/h3-8,13,16H,2H2,1H3. The first kappa shape index (κ1) is 13.1. The van der Waals surface area contributed by atoms with Gasteiger partial charge in [-0.2, -0.15) is 0 Å². The molecule has 0 saturated carbocycles. The summed E-state index contributed by atoms with van der Waals surface area (Å²) in [7, 11) is 0. The molecule has 0 aliphatic carbocycles. The van der Waals surface area contributed by atoms with Gasteiger partial charge in [0.05, 0.1) is 6.04 Å². The summed E-state index contributed by atoms with van der Waals surface area (Å²) in [6, 6.07) is 10.4. The predicted octanol–water partition coefficient (Wildman–Crippen LogP) is 4.86. The summed E-state index contributed by atoms with van der Waals surface area (Å²) in [6.45, 7) is 3.04. The Balaban J connectivity index is 2.39. The summed E-state index contributed by atoms with van der Waals surface area (Å²) in [5.41, 5.74) is 1.22. The van der Waals surface area contributed by atoms with E-state index in [-0.39, 0.29) is 6.04 Å². The Labute approximate surface area is 119 Å². The number of halogens is 2. The van der Waals surface area contributed by atoms with Crippen LogP contribution in [0.1, 0.15) is 23.4 Å². The average molecular weight is 331 g/mol. The van der Waals surface area contributed by atoms with E-state index < -0.39 is 0 Å². The molecule has 0 aliphatic rings. The maximum Gasteiger partial charge on any atom is 0.0681 e. The molecule has 0 radical (unpaired) electrons. The van der Waals surface area contributed by atoms with Crippen LogP contribution in [0.3, 0.4) is 0 Å². The fraction of sp³-hybridized carbons (Fsp3) is 0.231. The summed E-state index contributed by atoms with van der Waals surface area (Å²) in [6.07, 6.45) is 0. The Kier molecular flexibility index (Phi) is 4.62. The monoisotopic (exact) mass is 329 g/mol. The van der Waals surface area contributed by atoms with Crippen molar-refractivity contribution < 1.29 is 0 Å². The van der Waals surface area contributed by atoms with Gasteiger partial charge in [0.1, 0.15) is 0 Å². The lowest BCUT2D eigenvalue weighted by molar-refractivity contribution is 0.637. The molecule has 1 aromatic heterocycles. The van der Waals surface area contributed by atoms with Gasteiger partial charge in [-0.15, -0.1) is 11.3 Å². The van der Waals surface area contributed by atoms with Crippen molar-refractivity contribution in [1.82, 2.24) is 5.32 Å². The maximum atomic E-state index is 5.98. The zero-order valence-corrected chi connectivity index (χ0v) is 12.6. The van der Waals surface area contributed by atoms with Gasteiger partial charge >= 0.3 is 0 Å². The lowest BCUT2D eigenvalue weighted by Gasteiger charge is -2.18. The number of rotatable bonds is 4. The van der Waals surface area contributed by atoms with Crippen molar-refractivity contribution in [2.24, 2.45) is 0 Å². The molecule has 4 heteroatoms. The molecule has 1 heterocycles. The molecule has 1 unspecified atom stereocenters. The van der Waals surface area contributed by atoms with Crippen molar-refractivity contribution in [3.63, 3.8) is 0 Å².